The molecular formula is C27H32ClN5O3. The number of hydrogen-bond acceptors (Lipinski definition) is 7. The van der Waals surface area contributed by atoms with Gasteiger partial charge in [0.15, 0.2) is 0 Å². The highest BCUT2D eigenvalue weighted by Gasteiger charge is 2.64. The van der Waals surface area contributed by atoms with Crippen molar-refractivity contribution in [3.63, 3.8) is 0 Å². The van der Waals surface area contributed by atoms with Crippen molar-refractivity contribution < 1.29 is 14.3 Å². The number of benzene rings is 1. The van der Waals surface area contributed by atoms with Crippen LogP contribution in [0.5, 0.6) is 5.75 Å². The fraction of sp³-hybridized carbons (Fsp3) is 0.519. The van der Waals surface area contributed by atoms with Gasteiger partial charge in [-0.3, -0.25) is 4.79 Å². The fourth-order valence-electron chi connectivity index (χ4n) is 5.87. The van der Waals surface area contributed by atoms with Crippen LogP contribution in [0.4, 0.5) is 5.95 Å². The van der Waals surface area contributed by atoms with E-state index >= 15 is 0 Å². The largest absolute Gasteiger partial charge is 0.489 e. The predicted molar refractivity (Wildman–Crippen MR) is 137 cm³/mol. The second-order valence-electron chi connectivity index (χ2n) is 10.9. The fourth-order valence-corrected chi connectivity index (χ4v) is 6.08. The first-order valence-electron chi connectivity index (χ1n) is 12.3. The van der Waals surface area contributed by atoms with Gasteiger partial charge < -0.3 is 19.7 Å². The second-order valence-corrected chi connectivity index (χ2v) is 11.3. The van der Waals surface area contributed by atoms with Gasteiger partial charge in [-0.25, -0.2) is 9.97 Å². The van der Waals surface area contributed by atoms with Crippen LogP contribution < -0.4 is 15.0 Å². The molecule has 0 spiro atoms. The number of nitrogens with one attached hydrogen (secondary N) is 1. The summed E-state index contributed by atoms with van der Waals surface area (Å²) >= 11 is 6.18. The Balaban J connectivity index is 1.41. The molecule has 1 N–H and O–H groups in total. The van der Waals surface area contributed by atoms with Crippen molar-refractivity contribution in [1.82, 2.24) is 15.3 Å². The van der Waals surface area contributed by atoms with Crippen LogP contribution in [0.3, 0.4) is 0 Å². The van der Waals surface area contributed by atoms with Crippen LogP contribution in [0.15, 0.2) is 30.6 Å². The molecule has 36 heavy (non-hydrogen) atoms. The monoisotopic (exact) mass is 509 g/mol. The van der Waals surface area contributed by atoms with Gasteiger partial charge >= 0.3 is 0 Å². The van der Waals surface area contributed by atoms with Crippen molar-refractivity contribution in [2.24, 2.45) is 16.7 Å². The van der Waals surface area contributed by atoms with E-state index < -0.39 is 0 Å². The van der Waals surface area contributed by atoms with Crippen LogP contribution in [-0.4, -0.2) is 47.4 Å². The Labute approximate surface area is 217 Å². The molecule has 8 nitrogen and oxygen atoms in total. The van der Waals surface area contributed by atoms with Crippen molar-refractivity contribution in [3.05, 3.63) is 46.7 Å². The number of nitriles is 1. The maximum absolute atomic E-state index is 13.1. The number of carbonyl (C=O) groups is 2. The number of nitrogens with zero attached hydrogens (tertiary/aromatic N) is 4. The van der Waals surface area contributed by atoms with E-state index in [1.807, 2.05) is 6.07 Å². The zero-order valence-corrected chi connectivity index (χ0v) is 21.9. The summed E-state index contributed by atoms with van der Waals surface area (Å²) in [5, 5.41) is 12.6. The standard InChI is InChI=1S/C27H32ClN5O3/c1-26(2)23(27(3,4)24(26)36-20-8-7-18(13-29)21(28)12-20)32-22(35)19-14-30-25(31-15-19)33-10-5-6-17(16-34)9-11-33/h7-8,12,14-17,23-24H,5-6,9-11H2,1-4H3,(H,32,35). The van der Waals surface area contributed by atoms with Gasteiger partial charge in [0.2, 0.25) is 5.95 Å². The molecule has 2 heterocycles. The topological polar surface area (TPSA) is 108 Å². The third-order valence-corrected chi connectivity index (χ3v) is 7.89. The molecule has 0 bridgehead atoms. The highest BCUT2D eigenvalue weighted by Crippen LogP contribution is 2.55. The van der Waals surface area contributed by atoms with Gasteiger partial charge in [0.25, 0.3) is 5.91 Å². The average molecular weight is 510 g/mol. The lowest BCUT2D eigenvalue weighted by atomic mass is 9.49. The molecule has 1 unspecified atom stereocenters. The minimum Gasteiger partial charge on any atom is -0.489 e. The maximum Gasteiger partial charge on any atom is 0.254 e. The van der Waals surface area contributed by atoms with Crippen molar-refractivity contribution in [3.8, 4) is 11.8 Å². The van der Waals surface area contributed by atoms with E-state index in [4.69, 9.17) is 21.6 Å². The molecule has 2 aliphatic rings. The Morgan fingerprint density at radius 1 is 1.19 bits per heavy atom. The summed E-state index contributed by atoms with van der Waals surface area (Å²) in [6.07, 6.45) is 6.57. The van der Waals surface area contributed by atoms with Crippen LogP contribution >= 0.6 is 11.6 Å². The van der Waals surface area contributed by atoms with E-state index in [0.29, 0.717) is 27.8 Å². The normalized spacial score (nSPS) is 24.6. The molecule has 1 aromatic heterocycles. The first-order valence-corrected chi connectivity index (χ1v) is 12.6. The Bertz CT molecular complexity index is 1160. The van der Waals surface area contributed by atoms with E-state index in [1.54, 1.807) is 30.6 Å². The van der Waals surface area contributed by atoms with Crippen LogP contribution in [0.1, 0.15) is 62.9 Å². The van der Waals surface area contributed by atoms with E-state index in [2.05, 4.69) is 47.9 Å². The molecule has 9 heteroatoms. The van der Waals surface area contributed by atoms with Crippen molar-refractivity contribution in [1.29, 1.82) is 5.26 Å². The van der Waals surface area contributed by atoms with Crippen LogP contribution in [0, 0.1) is 28.1 Å². The summed E-state index contributed by atoms with van der Waals surface area (Å²) in [4.78, 5) is 35.2. The Hall–Kier alpha value is -3.18. The minimum atomic E-state index is -0.360. The summed E-state index contributed by atoms with van der Waals surface area (Å²) in [5.74, 6) is 1.03. The van der Waals surface area contributed by atoms with Gasteiger partial charge in [-0.1, -0.05) is 39.3 Å². The second kappa shape index (κ2) is 10.1. The summed E-state index contributed by atoms with van der Waals surface area (Å²) in [6.45, 7) is 9.77. The van der Waals surface area contributed by atoms with Crippen LogP contribution in [0.2, 0.25) is 5.02 Å². The van der Waals surface area contributed by atoms with Gasteiger partial charge in [-0.2, -0.15) is 5.26 Å². The highest BCUT2D eigenvalue weighted by molar-refractivity contribution is 6.31. The minimum absolute atomic E-state index is 0.0935. The summed E-state index contributed by atoms with van der Waals surface area (Å²) in [6, 6.07) is 6.94. The highest BCUT2D eigenvalue weighted by atomic mass is 35.5. The summed E-state index contributed by atoms with van der Waals surface area (Å²) in [5.41, 5.74) is 0.0768. The summed E-state index contributed by atoms with van der Waals surface area (Å²) < 4.78 is 6.29. The number of hydrogen-bond donors (Lipinski definition) is 1. The number of aromatic nitrogens is 2. The molecule has 1 aromatic carbocycles. The predicted octanol–water partition coefficient (Wildman–Crippen LogP) is 4.42. The average Bonchev–Trinajstić information content (AvgIpc) is 3.11. The molecule has 1 amide bonds. The molecule has 1 aliphatic heterocycles. The van der Waals surface area contributed by atoms with Crippen LogP contribution in [0.25, 0.3) is 0 Å². The van der Waals surface area contributed by atoms with Crippen molar-refractivity contribution in [2.75, 3.05) is 18.0 Å². The zero-order chi connectivity index (χ0) is 26.1. The quantitative estimate of drug-likeness (QED) is 0.574. The van der Waals surface area contributed by atoms with Crippen molar-refractivity contribution >= 4 is 29.7 Å². The zero-order valence-electron chi connectivity index (χ0n) is 21.1. The molecule has 1 atom stereocenters. The van der Waals surface area contributed by atoms with Crippen molar-refractivity contribution in [2.45, 2.75) is 59.1 Å². The molecule has 190 valence electrons. The number of rotatable bonds is 6. The first kappa shape index (κ1) is 25.9. The molecule has 0 radical (unpaired) electrons. The number of ether oxygens (including phenoxy) is 1. The van der Waals surface area contributed by atoms with Crippen LogP contribution in [-0.2, 0) is 4.79 Å². The third kappa shape index (κ3) is 4.90. The lowest BCUT2D eigenvalue weighted by molar-refractivity contribution is -0.164. The lowest BCUT2D eigenvalue weighted by Crippen LogP contribution is -2.74. The van der Waals surface area contributed by atoms with E-state index in [9.17, 15) is 9.59 Å². The molecule has 1 saturated heterocycles. The number of carbonyl (C=O) groups excluding carboxylic acids is 2. The Morgan fingerprint density at radius 2 is 1.89 bits per heavy atom. The molecule has 1 aliphatic carbocycles. The van der Waals surface area contributed by atoms with E-state index in [0.717, 1.165) is 38.6 Å². The summed E-state index contributed by atoms with van der Waals surface area (Å²) in [7, 11) is 0. The SMILES string of the molecule is CC1(C)C(NC(=O)c2cnc(N3CCCC(C=O)CC3)nc2)C(C)(C)C1Oc1ccc(C#N)c(Cl)c1. The Morgan fingerprint density at radius 3 is 2.50 bits per heavy atom. The number of anilines is 1. The molecule has 1 saturated carbocycles. The van der Waals surface area contributed by atoms with Gasteiger partial charge in [0.05, 0.1) is 16.1 Å². The number of amides is 1. The first-order chi connectivity index (χ1) is 17.1. The number of halogens is 1. The van der Waals surface area contributed by atoms with E-state index in [-0.39, 0.29) is 34.8 Å². The smallest absolute Gasteiger partial charge is 0.254 e. The molecular weight excluding hydrogens is 478 g/mol. The maximum atomic E-state index is 13.1. The van der Waals surface area contributed by atoms with Gasteiger partial charge in [-0.15, -0.1) is 0 Å². The molecule has 4 rings (SSSR count). The number of aldehydes is 1. The Kier molecular flexibility index (Phi) is 7.24. The van der Waals surface area contributed by atoms with Gasteiger partial charge in [0, 0.05) is 54.3 Å². The lowest BCUT2D eigenvalue weighted by Gasteiger charge is -2.63. The van der Waals surface area contributed by atoms with E-state index in [1.165, 1.54) is 0 Å². The van der Waals surface area contributed by atoms with Gasteiger partial charge in [0.1, 0.15) is 24.2 Å². The molecule has 2 fully saturated rings. The molecule has 2 aromatic rings. The third-order valence-electron chi connectivity index (χ3n) is 7.58. The van der Waals surface area contributed by atoms with Gasteiger partial charge in [-0.05, 0) is 31.4 Å².